The normalized spacial score (nSPS) is 11.6. The van der Waals surface area contributed by atoms with E-state index >= 15 is 0 Å². The average Bonchev–Trinajstić information content (AvgIpc) is 2.74. The molecule has 1 heterocycles. The summed E-state index contributed by atoms with van der Waals surface area (Å²) in [6, 6.07) is 8.00. The smallest absolute Gasteiger partial charge is 0.183 e. The number of carbonyl (C=O) groups excluding carboxylic acids is 1. The van der Waals surface area contributed by atoms with E-state index in [1.165, 1.54) is 0 Å². The van der Waals surface area contributed by atoms with Gasteiger partial charge in [-0.3, -0.25) is 4.79 Å². The van der Waals surface area contributed by atoms with Crippen LogP contribution in [0, 0.1) is 20.8 Å². The van der Waals surface area contributed by atoms with Gasteiger partial charge >= 0.3 is 0 Å². The SMILES string of the molecule is Cc1cc(NCC(=O)c2cc(C)n(C(C)(C)C)c2C)ccc1Br. The fraction of sp³-hybridized carbons (Fsp3) is 0.421. The summed E-state index contributed by atoms with van der Waals surface area (Å²) in [6.07, 6.45) is 0. The maximum absolute atomic E-state index is 12.6. The molecule has 0 fully saturated rings. The minimum Gasteiger partial charge on any atom is -0.378 e. The second-order valence-corrected chi connectivity index (χ2v) is 7.89. The highest BCUT2D eigenvalue weighted by Gasteiger charge is 2.22. The number of nitrogens with one attached hydrogen (secondary N) is 1. The Kier molecular flexibility index (Phi) is 5.04. The monoisotopic (exact) mass is 376 g/mol. The predicted octanol–water partition coefficient (Wildman–Crippen LogP) is 5.23. The molecule has 1 aromatic carbocycles. The first-order chi connectivity index (χ1) is 10.6. The molecule has 0 unspecified atom stereocenters. The number of carbonyl (C=O) groups is 1. The number of hydrogen-bond acceptors (Lipinski definition) is 2. The van der Waals surface area contributed by atoms with Gasteiger partial charge in [0.15, 0.2) is 5.78 Å². The summed E-state index contributed by atoms with van der Waals surface area (Å²) in [5, 5.41) is 3.23. The second-order valence-electron chi connectivity index (χ2n) is 7.03. The molecule has 2 aromatic rings. The van der Waals surface area contributed by atoms with Crippen LogP contribution in [0.2, 0.25) is 0 Å². The molecule has 0 aliphatic carbocycles. The summed E-state index contributed by atoms with van der Waals surface area (Å²) in [6.45, 7) is 12.9. The van der Waals surface area contributed by atoms with Crippen LogP contribution in [-0.2, 0) is 5.54 Å². The Morgan fingerprint density at radius 3 is 2.35 bits per heavy atom. The van der Waals surface area contributed by atoms with Crippen molar-refractivity contribution in [1.82, 2.24) is 4.57 Å². The van der Waals surface area contributed by atoms with Gasteiger partial charge in [0.05, 0.1) is 6.54 Å². The first-order valence-corrected chi connectivity index (χ1v) is 8.63. The van der Waals surface area contributed by atoms with E-state index in [9.17, 15) is 4.79 Å². The van der Waals surface area contributed by atoms with Crippen molar-refractivity contribution < 1.29 is 4.79 Å². The van der Waals surface area contributed by atoms with E-state index in [1.807, 2.05) is 38.1 Å². The molecule has 0 atom stereocenters. The number of aromatic nitrogens is 1. The van der Waals surface area contributed by atoms with Crippen LogP contribution < -0.4 is 5.32 Å². The maximum atomic E-state index is 12.6. The summed E-state index contributed by atoms with van der Waals surface area (Å²) >= 11 is 3.49. The average molecular weight is 377 g/mol. The Hall–Kier alpha value is -1.55. The number of nitrogens with zero attached hydrogens (tertiary/aromatic N) is 1. The Balaban J connectivity index is 2.17. The molecule has 0 amide bonds. The van der Waals surface area contributed by atoms with E-state index in [4.69, 9.17) is 0 Å². The number of hydrogen-bond donors (Lipinski definition) is 1. The van der Waals surface area contributed by atoms with Gasteiger partial charge in [0.1, 0.15) is 0 Å². The van der Waals surface area contributed by atoms with Gasteiger partial charge in [0, 0.05) is 32.7 Å². The molecule has 0 saturated carbocycles. The molecule has 4 heteroatoms. The molecule has 0 bridgehead atoms. The van der Waals surface area contributed by atoms with Crippen LogP contribution >= 0.6 is 15.9 Å². The molecule has 1 N–H and O–H groups in total. The fourth-order valence-electron chi connectivity index (χ4n) is 3.11. The van der Waals surface area contributed by atoms with Crippen LogP contribution in [0.5, 0.6) is 0 Å². The van der Waals surface area contributed by atoms with Gasteiger partial charge in [0.25, 0.3) is 0 Å². The van der Waals surface area contributed by atoms with Gasteiger partial charge in [-0.05, 0) is 71.4 Å². The zero-order chi connectivity index (χ0) is 17.4. The van der Waals surface area contributed by atoms with Crippen molar-refractivity contribution in [2.75, 3.05) is 11.9 Å². The van der Waals surface area contributed by atoms with Crippen molar-refractivity contribution in [1.29, 1.82) is 0 Å². The molecule has 2 rings (SSSR count). The van der Waals surface area contributed by atoms with E-state index in [0.29, 0.717) is 6.54 Å². The highest BCUT2D eigenvalue weighted by molar-refractivity contribution is 9.10. The molecule has 0 spiro atoms. The fourth-order valence-corrected chi connectivity index (χ4v) is 3.36. The lowest BCUT2D eigenvalue weighted by atomic mass is 10.1. The van der Waals surface area contributed by atoms with Crippen LogP contribution in [-0.4, -0.2) is 16.9 Å². The third-order valence-electron chi connectivity index (χ3n) is 4.01. The summed E-state index contributed by atoms with van der Waals surface area (Å²) in [4.78, 5) is 12.6. The Morgan fingerprint density at radius 1 is 1.17 bits per heavy atom. The van der Waals surface area contributed by atoms with Crippen molar-refractivity contribution in [3.05, 3.63) is 51.3 Å². The molecule has 0 aliphatic rings. The predicted molar refractivity (Wildman–Crippen MR) is 101 cm³/mol. The third kappa shape index (κ3) is 3.86. The van der Waals surface area contributed by atoms with Crippen LogP contribution in [0.15, 0.2) is 28.7 Å². The van der Waals surface area contributed by atoms with Crippen molar-refractivity contribution in [2.24, 2.45) is 0 Å². The number of Topliss-reactive ketones (excluding diaryl/α,β-unsaturated/α-hetero) is 1. The molecule has 0 aliphatic heterocycles. The first kappa shape index (κ1) is 17.8. The Bertz CT molecular complexity index is 739. The molecule has 1 aromatic heterocycles. The van der Waals surface area contributed by atoms with Crippen molar-refractivity contribution in [3.8, 4) is 0 Å². The summed E-state index contributed by atoms with van der Waals surface area (Å²) in [5.41, 5.74) is 5.05. The first-order valence-electron chi connectivity index (χ1n) is 7.84. The van der Waals surface area contributed by atoms with Gasteiger partial charge in [-0.1, -0.05) is 15.9 Å². The van der Waals surface area contributed by atoms with Crippen LogP contribution in [0.3, 0.4) is 0 Å². The number of anilines is 1. The molecule has 124 valence electrons. The lowest BCUT2D eigenvalue weighted by Crippen LogP contribution is -2.24. The molecule has 3 nitrogen and oxygen atoms in total. The summed E-state index contributed by atoms with van der Waals surface area (Å²) < 4.78 is 3.30. The minimum atomic E-state index is -0.0249. The molecule has 23 heavy (non-hydrogen) atoms. The minimum absolute atomic E-state index is 0.0249. The zero-order valence-corrected chi connectivity index (χ0v) is 16.3. The highest BCUT2D eigenvalue weighted by Crippen LogP contribution is 2.25. The van der Waals surface area contributed by atoms with Gasteiger partial charge < -0.3 is 9.88 Å². The molecular weight excluding hydrogens is 352 g/mol. The van der Waals surface area contributed by atoms with Crippen LogP contribution in [0.4, 0.5) is 5.69 Å². The van der Waals surface area contributed by atoms with E-state index < -0.39 is 0 Å². The second kappa shape index (κ2) is 6.52. The largest absolute Gasteiger partial charge is 0.378 e. The summed E-state index contributed by atoms with van der Waals surface area (Å²) in [7, 11) is 0. The van der Waals surface area contributed by atoms with Crippen molar-refractivity contribution >= 4 is 27.4 Å². The van der Waals surface area contributed by atoms with Gasteiger partial charge in [-0.25, -0.2) is 0 Å². The molecule has 0 saturated heterocycles. The van der Waals surface area contributed by atoms with Crippen LogP contribution in [0.25, 0.3) is 0 Å². The van der Waals surface area contributed by atoms with Crippen molar-refractivity contribution in [3.63, 3.8) is 0 Å². The lowest BCUT2D eigenvalue weighted by molar-refractivity contribution is 0.100. The highest BCUT2D eigenvalue weighted by atomic mass is 79.9. The van der Waals surface area contributed by atoms with E-state index in [0.717, 1.165) is 32.7 Å². The topological polar surface area (TPSA) is 34.0 Å². The number of benzene rings is 1. The molecular formula is C19H25BrN2O. The number of ketones is 1. The quantitative estimate of drug-likeness (QED) is 0.741. The Labute approximate surface area is 147 Å². The third-order valence-corrected chi connectivity index (χ3v) is 4.90. The zero-order valence-electron chi connectivity index (χ0n) is 14.7. The lowest BCUT2D eigenvalue weighted by Gasteiger charge is -2.25. The van der Waals surface area contributed by atoms with Gasteiger partial charge in [-0.2, -0.15) is 0 Å². The van der Waals surface area contributed by atoms with Crippen LogP contribution in [0.1, 0.15) is 48.1 Å². The maximum Gasteiger partial charge on any atom is 0.183 e. The summed E-state index contributed by atoms with van der Waals surface area (Å²) in [5.74, 6) is 0.120. The molecule has 0 radical (unpaired) electrons. The number of aryl methyl sites for hydroxylation is 2. The Morgan fingerprint density at radius 2 is 1.83 bits per heavy atom. The van der Waals surface area contributed by atoms with E-state index in [1.54, 1.807) is 0 Å². The van der Waals surface area contributed by atoms with Gasteiger partial charge in [0.2, 0.25) is 0 Å². The standard InChI is InChI=1S/C19H25BrN2O/c1-12-9-15(7-8-17(12)20)21-11-18(23)16-10-13(2)22(14(16)3)19(4,5)6/h7-10,21H,11H2,1-6H3. The number of halogens is 1. The van der Waals surface area contributed by atoms with E-state index in [2.05, 4.69) is 53.5 Å². The van der Waals surface area contributed by atoms with Gasteiger partial charge in [-0.15, -0.1) is 0 Å². The number of rotatable bonds is 4. The van der Waals surface area contributed by atoms with Crippen molar-refractivity contribution in [2.45, 2.75) is 47.1 Å². The van der Waals surface area contributed by atoms with E-state index in [-0.39, 0.29) is 11.3 Å².